The van der Waals surface area contributed by atoms with Gasteiger partial charge in [-0.1, -0.05) is 360 Å². The fourth-order valence-corrected chi connectivity index (χ4v) is 11.1. The monoisotopic (exact) mass is 1110 g/mol. The summed E-state index contributed by atoms with van der Waals surface area (Å²) in [4.78, 5) is 38.2. The molecule has 0 aliphatic carbocycles. The van der Waals surface area contributed by atoms with E-state index >= 15 is 0 Å². The summed E-state index contributed by atoms with van der Waals surface area (Å²) in [5, 5.41) is 0. The normalized spacial score (nSPS) is 12.1. The van der Waals surface area contributed by atoms with E-state index in [0.29, 0.717) is 19.3 Å². The van der Waals surface area contributed by atoms with Crippen LogP contribution in [0, 0.1) is 0 Å². The van der Waals surface area contributed by atoms with Crippen molar-refractivity contribution >= 4 is 17.9 Å². The van der Waals surface area contributed by atoms with Gasteiger partial charge in [0.1, 0.15) is 13.2 Å². The molecule has 0 aromatic carbocycles. The maximum Gasteiger partial charge on any atom is 0.306 e. The van der Waals surface area contributed by atoms with E-state index < -0.39 is 6.10 Å². The molecule has 6 heteroatoms. The van der Waals surface area contributed by atoms with E-state index in [9.17, 15) is 14.4 Å². The lowest BCUT2D eigenvalue weighted by molar-refractivity contribution is -0.167. The van der Waals surface area contributed by atoms with Gasteiger partial charge in [-0.15, -0.1) is 0 Å². The second kappa shape index (κ2) is 68.4. The van der Waals surface area contributed by atoms with Crippen molar-refractivity contribution in [2.24, 2.45) is 0 Å². The van der Waals surface area contributed by atoms with Gasteiger partial charge >= 0.3 is 17.9 Å². The number of hydrogen-bond acceptors (Lipinski definition) is 6. The quantitative estimate of drug-likeness (QED) is 0.0261. The maximum absolute atomic E-state index is 12.9. The SMILES string of the molecule is CCCCCCC/C=C\C/C=C\CCCCCCCCCCCCCCCC(=O)OC(COC(=O)CCCCCCCCCC)COC(=O)CCCCCCCCCCCCCCCCCCCCCCCCCCCCCC. The Labute approximate surface area is 493 Å². The van der Waals surface area contributed by atoms with Crippen LogP contribution in [0.5, 0.6) is 0 Å². The number of allylic oxidation sites excluding steroid dienone is 4. The van der Waals surface area contributed by atoms with Gasteiger partial charge in [-0.3, -0.25) is 14.4 Å². The fraction of sp³-hybridized carbons (Fsp3) is 0.904. The third-order valence-corrected chi connectivity index (χ3v) is 16.5. The molecule has 0 heterocycles. The zero-order valence-corrected chi connectivity index (χ0v) is 53.7. The molecule has 1 unspecified atom stereocenters. The van der Waals surface area contributed by atoms with Gasteiger partial charge in [-0.05, 0) is 51.4 Å². The van der Waals surface area contributed by atoms with Crippen LogP contribution in [0.25, 0.3) is 0 Å². The van der Waals surface area contributed by atoms with Gasteiger partial charge in [0.05, 0.1) is 0 Å². The molecule has 0 aromatic rings. The first-order chi connectivity index (χ1) is 39.0. The molecule has 0 bridgehead atoms. The lowest BCUT2D eigenvalue weighted by Crippen LogP contribution is -2.30. The molecule has 0 saturated carbocycles. The number of ether oxygens (including phenoxy) is 3. The molecular weight excluding hydrogens is 973 g/mol. The summed E-state index contributed by atoms with van der Waals surface area (Å²) in [5.41, 5.74) is 0. The minimum Gasteiger partial charge on any atom is -0.462 e. The van der Waals surface area contributed by atoms with Crippen LogP contribution in [0.4, 0.5) is 0 Å². The maximum atomic E-state index is 12.9. The molecule has 1 atom stereocenters. The van der Waals surface area contributed by atoms with E-state index in [2.05, 4.69) is 45.1 Å². The fourth-order valence-electron chi connectivity index (χ4n) is 11.1. The van der Waals surface area contributed by atoms with Gasteiger partial charge in [-0.2, -0.15) is 0 Å². The summed E-state index contributed by atoms with van der Waals surface area (Å²) < 4.78 is 16.9. The van der Waals surface area contributed by atoms with Crippen molar-refractivity contribution in [1.29, 1.82) is 0 Å². The average Bonchev–Trinajstić information content (AvgIpc) is 3.45. The molecule has 79 heavy (non-hydrogen) atoms. The predicted octanol–water partition coefficient (Wildman–Crippen LogP) is 24.6. The van der Waals surface area contributed by atoms with Gasteiger partial charge < -0.3 is 14.2 Å². The topological polar surface area (TPSA) is 78.9 Å². The highest BCUT2D eigenvalue weighted by atomic mass is 16.6. The van der Waals surface area contributed by atoms with Gasteiger partial charge in [-0.25, -0.2) is 0 Å². The molecule has 0 aliphatic rings. The summed E-state index contributed by atoms with van der Waals surface area (Å²) in [6.07, 6.45) is 83.8. The van der Waals surface area contributed by atoms with E-state index in [4.69, 9.17) is 14.2 Å². The third kappa shape index (κ3) is 66.6. The van der Waals surface area contributed by atoms with Crippen LogP contribution in [0.15, 0.2) is 24.3 Å². The summed E-state index contributed by atoms with van der Waals surface area (Å²) in [6, 6.07) is 0. The van der Waals surface area contributed by atoms with Crippen molar-refractivity contribution < 1.29 is 28.6 Å². The molecule has 0 aromatic heterocycles. The second-order valence-corrected chi connectivity index (χ2v) is 24.5. The molecule has 0 saturated heterocycles. The van der Waals surface area contributed by atoms with Crippen molar-refractivity contribution in [3.8, 4) is 0 Å². The predicted molar refractivity (Wildman–Crippen MR) is 344 cm³/mol. The highest BCUT2D eigenvalue weighted by molar-refractivity contribution is 5.71. The number of unbranched alkanes of at least 4 members (excludes halogenated alkanes) is 52. The average molecular weight is 1110 g/mol. The van der Waals surface area contributed by atoms with Crippen molar-refractivity contribution in [2.45, 2.75) is 412 Å². The Morgan fingerprint density at radius 2 is 0.456 bits per heavy atom. The highest BCUT2D eigenvalue weighted by Crippen LogP contribution is 2.19. The summed E-state index contributed by atoms with van der Waals surface area (Å²) in [6.45, 7) is 6.68. The van der Waals surface area contributed by atoms with E-state index in [1.54, 1.807) is 0 Å². The summed E-state index contributed by atoms with van der Waals surface area (Å²) >= 11 is 0. The van der Waals surface area contributed by atoms with Gasteiger partial charge in [0.25, 0.3) is 0 Å². The molecule has 0 fully saturated rings. The van der Waals surface area contributed by atoms with Crippen LogP contribution in [0.2, 0.25) is 0 Å². The van der Waals surface area contributed by atoms with Gasteiger partial charge in [0.15, 0.2) is 6.10 Å². The Morgan fingerprint density at radius 1 is 0.253 bits per heavy atom. The number of carbonyl (C=O) groups excluding carboxylic acids is 3. The number of esters is 3. The third-order valence-electron chi connectivity index (χ3n) is 16.5. The molecule has 0 radical (unpaired) electrons. The zero-order chi connectivity index (χ0) is 57.1. The van der Waals surface area contributed by atoms with Crippen molar-refractivity contribution in [3.63, 3.8) is 0 Å². The van der Waals surface area contributed by atoms with Crippen LogP contribution in [0.3, 0.4) is 0 Å². The summed E-state index contributed by atoms with van der Waals surface area (Å²) in [7, 11) is 0. The minimum absolute atomic E-state index is 0.0651. The van der Waals surface area contributed by atoms with Crippen LogP contribution in [0.1, 0.15) is 406 Å². The standard InChI is InChI=1S/C73H138O6/c1-4-7-10-13-16-19-21-23-25-27-29-31-33-35-36-37-39-40-42-44-46-48-50-52-54-57-60-63-66-72(75)78-69-70(68-77-71(74)65-62-59-56-18-15-12-9-6-3)79-73(76)67-64-61-58-55-53-51-49-47-45-43-41-38-34-32-30-28-26-24-22-20-17-14-11-8-5-2/h22,24,28,30,70H,4-21,23,25-27,29,31-69H2,1-3H3/b24-22-,30-28-. The second-order valence-electron chi connectivity index (χ2n) is 24.5. The van der Waals surface area contributed by atoms with Gasteiger partial charge in [0.2, 0.25) is 0 Å². The van der Waals surface area contributed by atoms with E-state index in [1.807, 2.05) is 0 Å². The first kappa shape index (κ1) is 76.9. The molecular formula is C73H138O6. The Morgan fingerprint density at radius 3 is 0.696 bits per heavy atom. The van der Waals surface area contributed by atoms with Crippen molar-refractivity contribution in [2.75, 3.05) is 13.2 Å². The van der Waals surface area contributed by atoms with E-state index in [0.717, 1.165) is 64.2 Å². The molecule has 466 valence electrons. The van der Waals surface area contributed by atoms with Crippen molar-refractivity contribution in [1.82, 2.24) is 0 Å². The molecule has 0 N–H and O–H groups in total. The van der Waals surface area contributed by atoms with Crippen LogP contribution in [-0.2, 0) is 28.6 Å². The Balaban J connectivity index is 4.04. The van der Waals surface area contributed by atoms with Crippen LogP contribution >= 0.6 is 0 Å². The molecule has 6 nitrogen and oxygen atoms in total. The largest absolute Gasteiger partial charge is 0.462 e. The van der Waals surface area contributed by atoms with E-state index in [1.165, 1.54) is 302 Å². The first-order valence-electron chi connectivity index (χ1n) is 35.8. The molecule has 0 rings (SSSR count). The van der Waals surface area contributed by atoms with Gasteiger partial charge in [0, 0.05) is 19.3 Å². The van der Waals surface area contributed by atoms with Crippen molar-refractivity contribution in [3.05, 3.63) is 24.3 Å². The van der Waals surface area contributed by atoms with E-state index in [-0.39, 0.29) is 31.1 Å². The number of hydrogen-bond donors (Lipinski definition) is 0. The first-order valence-corrected chi connectivity index (χ1v) is 35.8. The van der Waals surface area contributed by atoms with Crippen LogP contribution < -0.4 is 0 Å². The Kier molecular flexibility index (Phi) is 66.6. The molecule has 0 aliphatic heterocycles. The lowest BCUT2D eigenvalue weighted by Gasteiger charge is -2.18. The summed E-state index contributed by atoms with van der Waals surface area (Å²) in [5.74, 6) is -0.841. The molecule has 0 spiro atoms. The number of carbonyl (C=O) groups is 3. The molecule has 0 amide bonds. The number of rotatable bonds is 67. The Hall–Kier alpha value is -2.11. The Bertz CT molecular complexity index is 1270. The lowest BCUT2D eigenvalue weighted by atomic mass is 10.0. The zero-order valence-electron chi connectivity index (χ0n) is 53.7. The highest BCUT2D eigenvalue weighted by Gasteiger charge is 2.19. The van der Waals surface area contributed by atoms with Crippen LogP contribution in [-0.4, -0.2) is 37.2 Å². The minimum atomic E-state index is -0.767. The smallest absolute Gasteiger partial charge is 0.306 e.